The van der Waals surface area contributed by atoms with E-state index in [4.69, 9.17) is 9.84 Å². The van der Waals surface area contributed by atoms with Gasteiger partial charge in [-0.2, -0.15) is 0 Å². The standard InChI is InChI=1S/C13H13NO4/c1-7(2)18-8-3-4-9-11(5-8)14-6-10(12(9)15)13(16)17/h3-7H,1-2H3,(H,14,15)(H,16,17). The average molecular weight is 247 g/mol. The molecule has 94 valence electrons. The number of aromatic carboxylic acids is 1. The molecule has 2 aromatic rings. The number of fused-ring (bicyclic) bond motifs is 1. The minimum atomic E-state index is -1.24. The lowest BCUT2D eigenvalue weighted by atomic mass is 10.1. The topological polar surface area (TPSA) is 79.4 Å². The minimum absolute atomic E-state index is 0.0347. The predicted molar refractivity (Wildman–Crippen MR) is 67.3 cm³/mol. The molecular formula is C13H13NO4. The third-order valence-corrected chi connectivity index (χ3v) is 2.45. The molecule has 2 N–H and O–H groups in total. The second kappa shape index (κ2) is 4.52. The molecule has 1 aromatic heterocycles. The summed E-state index contributed by atoms with van der Waals surface area (Å²) in [6, 6.07) is 4.91. The molecular weight excluding hydrogens is 234 g/mol. The molecule has 0 radical (unpaired) electrons. The molecule has 0 saturated heterocycles. The number of carboxylic acids is 1. The summed E-state index contributed by atoms with van der Waals surface area (Å²) in [5.41, 5.74) is -0.199. The summed E-state index contributed by atoms with van der Waals surface area (Å²) >= 11 is 0. The Kier molecular flexibility index (Phi) is 3.06. The monoisotopic (exact) mass is 247 g/mol. The Labute approximate surface area is 103 Å². The first-order valence-corrected chi connectivity index (χ1v) is 5.54. The molecule has 1 heterocycles. The quantitative estimate of drug-likeness (QED) is 0.869. The Morgan fingerprint density at radius 2 is 2.11 bits per heavy atom. The van der Waals surface area contributed by atoms with E-state index in [1.165, 1.54) is 6.20 Å². The summed E-state index contributed by atoms with van der Waals surface area (Å²) in [5, 5.41) is 9.19. The molecule has 0 fully saturated rings. The van der Waals surface area contributed by atoms with Crippen molar-refractivity contribution in [1.82, 2.24) is 4.98 Å². The van der Waals surface area contributed by atoms with Gasteiger partial charge in [-0.05, 0) is 26.0 Å². The highest BCUT2D eigenvalue weighted by molar-refractivity contribution is 5.92. The van der Waals surface area contributed by atoms with Crippen LogP contribution in [0.3, 0.4) is 0 Å². The molecule has 0 amide bonds. The number of aromatic nitrogens is 1. The van der Waals surface area contributed by atoms with Crippen LogP contribution < -0.4 is 10.2 Å². The van der Waals surface area contributed by atoms with Crippen molar-refractivity contribution in [3.8, 4) is 5.75 Å². The van der Waals surface area contributed by atoms with Crippen molar-refractivity contribution in [3.63, 3.8) is 0 Å². The number of nitrogens with one attached hydrogen (secondary N) is 1. The van der Waals surface area contributed by atoms with Crippen molar-refractivity contribution in [1.29, 1.82) is 0 Å². The molecule has 0 spiro atoms. The summed E-state index contributed by atoms with van der Waals surface area (Å²) in [6.07, 6.45) is 1.24. The molecule has 0 aliphatic rings. The van der Waals surface area contributed by atoms with Gasteiger partial charge in [0.1, 0.15) is 11.3 Å². The molecule has 5 heteroatoms. The minimum Gasteiger partial charge on any atom is -0.491 e. The van der Waals surface area contributed by atoms with Crippen LogP contribution in [0.4, 0.5) is 0 Å². The molecule has 0 unspecified atom stereocenters. The summed E-state index contributed by atoms with van der Waals surface area (Å²) in [5.74, 6) is -0.600. The van der Waals surface area contributed by atoms with Crippen molar-refractivity contribution in [3.05, 3.63) is 40.2 Å². The van der Waals surface area contributed by atoms with Crippen LogP contribution in [0, 0.1) is 0 Å². The molecule has 5 nitrogen and oxygen atoms in total. The second-order valence-electron chi connectivity index (χ2n) is 4.21. The van der Waals surface area contributed by atoms with E-state index in [1.807, 2.05) is 13.8 Å². The van der Waals surface area contributed by atoms with Gasteiger partial charge in [0, 0.05) is 17.6 Å². The van der Waals surface area contributed by atoms with Gasteiger partial charge in [0.25, 0.3) is 0 Å². The predicted octanol–water partition coefficient (Wildman–Crippen LogP) is 2.01. The Bertz CT molecular complexity index is 658. The van der Waals surface area contributed by atoms with E-state index in [-0.39, 0.29) is 11.7 Å². The van der Waals surface area contributed by atoms with Crippen LogP contribution in [-0.2, 0) is 0 Å². The number of pyridine rings is 1. The van der Waals surface area contributed by atoms with E-state index in [0.717, 1.165) is 0 Å². The first kappa shape index (κ1) is 12.2. The second-order valence-corrected chi connectivity index (χ2v) is 4.21. The Morgan fingerprint density at radius 3 is 2.72 bits per heavy atom. The van der Waals surface area contributed by atoms with Crippen LogP contribution >= 0.6 is 0 Å². The lowest BCUT2D eigenvalue weighted by Crippen LogP contribution is -2.15. The van der Waals surface area contributed by atoms with E-state index >= 15 is 0 Å². The number of carboxylic acid groups (broad SMARTS) is 1. The van der Waals surface area contributed by atoms with Gasteiger partial charge in [-0.25, -0.2) is 4.79 Å². The van der Waals surface area contributed by atoms with Crippen LogP contribution in [-0.4, -0.2) is 22.2 Å². The summed E-state index contributed by atoms with van der Waals surface area (Å²) in [4.78, 5) is 25.5. The number of aromatic amines is 1. The molecule has 0 bridgehead atoms. The number of carbonyl (C=O) groups is 1. The van der Waals surface area contributed by atoms with Crippen molar-refractivity contribution in [2.75, 3.05) is 0 Å². The van der Waals surface area contributed by atoms with E-state index in [9.17, 15) is 9.59 Å². The van der Waals surface area contributed by atoms with Gasteiger partial charge in [-0.15, -0.1) is 0 Å². The molecule has 18 heavy (non-hydrogen) atoms. The molecule has 1 aromatic carbocycles. The normalized spacial score (nSPS) is 10.8. The van der Waals surface area contributed by atoms with Crippen molar-refractivity contribution in [2.24, 2.45) is 0 Å². The van der Waals surface area contributed by atoms with Crippen LogP contribution in [0.25, 0.3) is 10.9 Å². The zero-order valence-electron chi connectivity index (χ0n) is 10.1. The Balaban J connectivity index is 2.58. The van der Waals surface area contributed by atoms with Crippen molar-refractivity contribution >= 4 is 16.9 Å². The molecule has 0 aliphatic carbocycles. The van der Waals surface area contributed by atoms with Gasteiger partial charge in [-0.3, -0.25) is 4.79 Å². The number of H-pyrrole nitrogens is 1. The lowest BCUT2D eigenvalue weighted by Gasteiger charge is -2.10. The fourth-order valence-corrected chi connectivity index (χ4v) is 1.71. The number of hydrogen-bond donors (Lipinski definition) is 2. The lowest BCUT2D eigenvalue weighted by molar-refractivity contribution is 0.0695. The number of benzene rings is 1. The summed E-state index contributed by atoms with van der Waals surface area (Å²) in [7, 11) is 0. The van der Waals surface area contributed by atoms with Crippen molar-refractivity contribution < 1.29 is 14.6 Å². The van der Waals surface area contributed by atoms with Gasteiger partial charge in [0.05, 0.1) is 11.6 Å². The van der Waals surface area contributed by atoms with Crippen LogP contribution in [0.1, 0.15) is 24.2 Å². The zero-order valence-corrected chi connectivity index (χ0v) is 10.1. The number of ether oxygens (including phenoxy) is 1. The van der Waals surface area contributed by atoms with E-state index in [1.54, 1.807) is 18.2 Å². The first-order valence-electron chi connectivity index (χ1n) is 5.54. The van der Waals surface area contributed by atoms with Crippen molar-refractivity contribution in [2.45, 2.75) is 20.0 Å². The van der Waals surface area contributed by atoms with Crippen LogP contribution in [0.5, 0.6) is 5.75 Å². The van der Waals surface area contributed by atoms with Gasteiger partial charge in [-0.1, -0.05) is 0 Å². The largest absolute Gasteiger partial charge is 0.491 e. The van der Waals surface area contributed by atoms with E-state index in [0.29, 0.717) is 16.7 Å². The zero-order chi connectivity index (χ0) is 13.3. The fraction of sp³-hybridized carbons (Fsp3) is 0.231. The molecule has 0 saturated carbocycles. The van der Waals surface area contributed by atoms with E-state index < -0.39 is 11.4 Å². The molecule has 0 atom stereocenters. The van der Waals surface area contributed by atoms with E-state index in [2.05, 4.69) is 4.98 Å². The van der Waals surface area contributed by atoms with Gasteiger partial charge < -0.3 is 14.8 Å². The maximum absolute atomic E-state index is 11.9. The van der Waals surface area contributed by atoms with Gasteiger partial charge >= 0.3 is 5.97 Å². The van der Waals surface area contributed by atoms with Gasteiger partial charge in [0.2, 0.25) is 5.43 Å². The Hall–Kier alpha value is -2.30. The number of rotatable bonds is 3. The maximum atomic E-state index is 11.9. The van der Waals surface area contributed by atoms with Gasteiger partial charge in [0.15, 0.2) is 0 Å². The highest BCUT2D eigenvalue weighted by atomic mass is 16.5. The molecule has 0 aliphatic heterocycles. The summed E-state index contributed by atoms with van der Waals surface area (Å²) in [6.45, 7) is 3.81. The third-order valence-electron chi connectivity index (χ3n) is 2.45. The summed E-state index contributed by atoms with van der Waals surface area (Å²) < 4.78 is 5.50. The fourth-order valence-electron chi connectivity index (χ4n) is 1.71. The molecule has 2 rings (SSSR count). The highest BCUT2D eigenvalue weighted by Gasteiger charge is 2.11. The SMILES string of the molecule is CC(C)Oc1ccc2c(=O)c(C(=O)O)c[nH]c2c1. The van der Waals surface area contributed by atoms with Crippen LogP contribution in [0.2, 0.25) is 0 Å². The average Bonchev–Trinajstić information content (AvgIpc) is 2.27. The number of hydrogen-bond acceptors (Lipinski definition) is 3. The maximum Gasteiger partial charge on any atom is 0.341 e. The van der Waals surface area contributed by atoms with Crippen LogP contribution in [0.15, 0.2) is 29.2 Å². The Morgan fingerprint density at radius 1 is 1.39 bits per heavy atom. The highest BCUT2D eigenvalue weighted by Crippen LogP contribution is 2.18. The third kappa shape index (κ3) is 2.20. The smallest absolute Gasteiger partial charge is 0.341 e. The first-order chi connectivity index (χ1) is 8.49.